The van der Waals surface area contributed by atoms with E-state index in [1.54, 1.807) is 0 Å². The number of halogens is 3. The Balaban J connectivity index is 2.05. The molecule has 28 heavy (non-hydrogen) atoms. The maximum atomic E-state index is 13.5. The molecule has 1 heterocycles. The Morgan fingerprint density at radius 3 is 2.57 bits per heavy atom. The van der Waals surface area contributed by atoms with Crippen LogP contribution in [0.2, 0.25) is 0 Å². The van der Waals surface area contributed by atoms with E-state index >= 15 is 0 Å². The number of rotatable bonds is 9. The van der Waals surface area contributed by atoms with Crippen LogP contribution in [0.4, 0.5) is 8.78 Å². The first-order valence-corrected chi connectivity index (χ1v) is 9.94. The van der Waals surface area contributed by atoms with Gasteiger partial charge in [0.1, 0.15) is 11.6 Å². The largest absolute Gasteiger partial charge is 0.389 e. The molecule has 4 atom stereocenters. The Morgan fingerprint density at radius 2 is 2.00 bits per heavy atom. The van der Waals surface area contributed by atoms with Gasteiger partial charge in [-0.15, -0.1) is 0 Å². The van der Waals surface area contributed by atoms with Crippen LogP contribution in [-0.4, -0.2) is 52.9 Å². The molecule has 2 N–H and O–H groups in total. The van der Waals surface area contributed by atoms with Gasteiger partial charge in [-0.2, -0.15) is 0 Å². The minimum absolute atomic E-state index is 0.0238. The van der Waals surface area contributed by atoms with Gasteiger partial charge in [0.2, 0.25) is 5.91 Å². The fourth-order valence-corrected chi connectivity index (χ4v) is 3.58. The molecule has 0 aliphatic carbocycles. The van der Waals surface area contributed by atoms with Crippen LogP contribution in [0.3, 0.4) is 0 Å². The van der Waals surface area contributed by atoms with Crippen LogP contribution < -0.4 is 5.32 Å². The molecule has 1 saturated heterocycles. The first-order valence-electron chi connectivity index (χ1n) is 9.61. The third-order valence-corrected chi connectivity index (χ3v) is 5.43. The zero-order valence-corrected chi connectivity index (χ0v) is 17.3. The molecule has 0 aromatic heterocycles. The third-order valence-electron chi connectivity index (χ3n) is 4.94. The third kappa shape index (κ3) is 6.65. The second-order valence-corrected chi connectivity index (χ2v) is 8.16. The zero-order valence-electron chi connectivity index (χ0n) is 16.5. The van der Waals surface area contributed by atoms with Crippen LogP contribution in [-0.2, 0) is 16.0 Å². The number of hydrogen-bond donors (Lipinski definition) is 2. The monoisotopic (exact) mass is 418 g/mol. The number of nitrogens with one attached hydrogen (secondary N) is 1. The summed E-state index contributed by atoms with van der Waals surface area (Å²) in [7, 11) is 0. The number of aliphatic hydroxyl groups is 1. The smallest absolute Gasteiger partial charge is 0.234 e. The van der Waals surface area contributed by atoms with Gasteiger partial charge >= 0.3 is 0 Å². The van der Waals surface area contributed by atoms with Gasteiger partial charge in [-0.1, -0.05) is 13.8 Å². The molecule has 0 spiro atoms. The molecule has 0 saturated carbocycles. The molecule has 2 rings (SSSR count). The van der Waals surface area contributed by atoms with Crippen molar-refractivity contribution < 1.29 is 23.4 Å². The summed E-state index contributed by atoms with van der Waals surface area (Å²) in [5.74, 6) is -1.34. The van der Waals surface area contributed by atoms with E-state index in [0.717, 1.165) is 16.9 Å². The molecule has 158 valence electrons. The Morgan fingerprint density at radius 1 is 1.36 bits per heavy atom. The van der Waals surface area contributed by atoms with E-state index < -0.39 is 29.7 Å². The highest BCUT2D eigenvalue weighted by atomic mass is 35.5. The summed E-state index contributed by atoms with van der Waals surface area (Å²) in [5, 5.41) is 14.1. The van der Waals surface area contributed by atoms with E-state index in [0.29, 0.717) is 31.1 Å². The van der Waals surface area contributed by atoms with Crippen molar-refractivity contribution in [1.82, 2.24) is 9.74 Å². The van der Waals surface area contributed by atoms with Gasteiger partial charge in [-0.05, 0) is 42.9 Å². The van der Waals surface area contributed by atoms with Crippen molar-refractivity contribution in [2.45, 2.75) is 64.3 Å². The Bertz CT molecular complexity index is 642. The molecule has 1 fully saturated rings. The van der Waals surface area contributed by atoms with Crippen molar-refractivity contribution in [3.63, 3.8) is 0 Å². The van der Waals surface area contributed by atoms with Gasteiger partial charge in [0, 0.05) is 44.0 Å². The number of ether oxygens (including phenoxy) is 1. The highest BCUT2D eigenvalue weighted by Gasteiger charge is 2.37. The number of carbonyl (C=O) groups is 1. The van der Waals surface area contributed by atoms with Crippen LogP contribution in [0.5, 0.6) is 0 Å². The summed E-state index contributed by atoms with van der Waals surface area (Å²) in [4.78, 5) is 11.8. The van der Waals surface area contributed by atoms with Crippen molar-refractivity contribution >= 4 is 17.7 Å². The topological polar surface area (TPSA) is 61.8 Å². The van der Waals surface area contributed by atoms with Crippen molar-refractivity contribution in [3.05, 3.63) is 35.4 Å². The molecule has 8 heteroatoms. The summed E-state index contributed by atoms with van der Waals surface area (Å²) in [6.07, 6.45) is 0.488. The maximum absolute atomic E-state index is 13.5. The van der Waals surface area contributed by atoms with Gasteiger partial charge in [0.25, 0.3) is 0 Å². The average Bonchev–Trinajstić information content (AvgIpc) is 3.06. The lowest BCUT2D eigenvalue weighted by atomic mass is 9.95. The van der Waals surface area contributed by atoms with Crippen molar-refractivity contribution in [2.75, 3.05) is 13.2 Å². The average molecular weight is 419 g/mol. The number of carbonyl (C=O) groups excluding carboxylic acids is 1. The molecule has 0 bridgehead atoms. The molecule has 1 aliphatic heterocycles. The van der Waals surface area contributed by atoms with Crippen molar-refractivity contribution in [2.24, 2.45) is 5.92 Å². The molecule has 0 radical (unpaired) electrons. The fraction of sp³-hybridized carbons (Fsp3) is 0.650. The lowest BCUT2D eigenvalue weighted by Crippen LogP contribution is -2.50. The predicted molar refractivity (Wildman–Crippen MR) is 104 cm³/mol. The van der Waals surface area contributed by atoms with Crippen molar-refractivity contribution in [1.29, 1.82) is 0 Å². The minimum atomic E-state index is -1.02. The number of nitrogens with zero attached hydrogens (tertiary/aromatic N) is 1. The fourth-order valence-electron chi connectivity index (χ4n) is 3.40. The first kappa shape index (κ1) is 23.0. The number of aliphatic hydroxyl groups excluding tert-OH is 1. The van der Waals surface area contributed by atoms with E-state index in [9.17, 15) is 18.7 Å². The normalized spacial score (nSPS) is 21.7. The second kappa shape index (κ2) is 10.5. The SMILES string of the molecule is CC(=O)N(Cl)[C@@H](Cc1cc(F)cc(F)c1)[C@H](O)[C@H]1C[C@@H](OCCC(C)C)CN1. The number of hydrogen-bond acceptors (Lipinski definition) is 4. The van der Waals surface area contributed by atoms with Crippen LogP contribution in [0.25, 0.3) is 0 Å². The predicted octanol–water partition coefficient (Wildman–Crippen LogP) is 3.03. The van der Waals surface area contributed by atoms with Gasteiger partial charge in [0.05, 0.1) is 18.2 Å². The number of benzene rings is 1. The summed E-state index contributed by atoms with van der Waals surface area (Å²) in [6, 6.07) is 1.94. The summed E-state index contributed by atoms with van der Waals surface area (Å²) < 4.78 is 33.8. The molecular formula is C20H29ClF2N2O3. The molecule has 1 aliphatic rings. The van der Waals surface area contributed by atoms with Crippen LogP contribution >= 0.6 is 11.8 Å². The molecule has 5 nitrogen and oxygen atoms in total. The second-order valence-electron chi connectivity index (χ2n) is 7.80. The number of amides is 1. The standard InChI is InChI=1S/C20H29ClF2N2O3/c1-12(2)4-5-28-17-10-18(24-11-17)20(27)19(25(21)13(3)26)8-14-6-15(22)9-16(23)7-14/h6-7,9,12,17-20,24,27H,4-5,8,10-11H2,1-3H3/t17-,18-,19+,20-/m1/s1. The Labute approximate surface area is 170 Å². The lowest BCUT2D eigenvalue weighted by molar-refractivity contribution is -0.127. The first-order chi connectivity index (χ1) is 13.2. The van der Waals surface area contributed by atoms with Crippen LogP contribution in [0, 0.1) is 17.6 Å². The molecular weight excluding hydrogens is 390 g/mol. The van der Waals surface area contributed by atoms with E-state index in [-0.39, 0.29) is 18.6 Å². The molecule has 1 aromatic carbocycles. The quantitative estimate of drug-likeness (QED) is 0.605. The van der Waals surface area contributed by atoms with E-state index in [1.807, 2.05) is 0 Å². The highest BCUT2D eigenvalue weighted by Crippen LogP contribution is 2.23. The Hall–Kier alpha value is -1.28. The van der Waals surface area contributed by atoms with Crippen LogP contribution in [0.15, 0.2) is 18.2 Å². The maximum Gasteiger partial charge on any atom is 0.234 e. The summed E-state index contributed by atoms with van der Waals surface area (Å²) in [6.45, 7) is 6.76. The van der Waals surface area contributed by atoms with E-state index in [1.165, 1.54) is 19.1 Å². The Kier molecular flexibility index (Phi) is 8.61. The zero-order chi connectivity index (χ0) is 20.8. The van der Waals surface area contributed by atoms with Crippen LogP contribution in [0.1, 0.15) is 39.2 Å². The summed E-state index contributed by atoms with van der Waals surface area (Å²) in [5.41, 5.74) is 0.316. The van der Waals surface area contributed by atoms with Gasteiger partial charge in [-0.3, -0.25) is 4.79 Å². The van der Waals surface area contributed by atoms with E-state index in [4.69, 9.17) is 16.5 Å². The van der Waals surface area contributed by atoms with Gasteiger partial charge in [0.15, 0.2) is 0 Å². The molecule has 1 amide bonds. The molecule has 0 unspecified atom stereocenters. The van der Waals surface area contributed by atoms with E-state index in [2.05, 4.69) is 19.2 Å². The van der Waals surface area contributed by atoms with Gasteiger partial charge in [-0.25, -0.2) is 13.2 Å². The summed E-state index contributed by atoms with van der Waals surface area (Å²) >= 11 is 6.12. The highest BCUT2D eigenvalue weighted by molar-refractivity contribution is 6.21. The van der Waals surface area contributed by atoms with Crippen molar-refractivity contribution in [3.8, 4) is 0 Å². The lowest BCUT2D eigenvalue weighted by Gasteiger charge is -2.32. The molecule has 1 aromatic rings. The van der Waals surface area contributed by atoms with Gasteiger partial charge < -0.3 is 15.2 Å². The minimum Gasteiger partial charge on any atom is -0.389 e.